The third-order valence-electron chi connectivity index (χ3n) is 5.45. The Bertz CT molecular complexity index is 1270. The Morgan fingerprint density at radius 1 is 1.06 bits per heavy atom. The van der Waals surface area contributed by atoms with Crippen LogP contribution in [0.1, 0.15) is 29.9 Å². The highest BCUT2D eigenvalue weighted by molar-refractivity contribution is 7.89. The van der Waals surface area contributed by atoms with Crippen LogP contribution in [-0.4, -0.2) is 51.5 Å². The number of amides is 1. The molecule has 1 saturated heterocycles. The summed E-state index contributed by atoms with van der Waals surface area (Å²) < 4.78 is 29.0. The van der Waals surface area contributed by atoms with Gasteiger partial charge in [-0.25, -0.2) is 18.4 Å². The molecular weight excluding hydrogens is 464 g/mol. The number of carbonyl (C=O) groups excluding carboxylic acids is 1. The number of piperidine rings is 1. The molecule has 0 saturated carbocycles. The number of carbonyl (C=O) groups is 1. The van der Waals surface area contributed by atoms with Crippen molar-refractivity contribution < 1.29 is 13.2 Å². The maximum Gasteiger partial charge on any atom is 0.252 e. The van der Waals surface area contributed by atoms with Gasteiger partial charge in [-0.15, -0.1) is 0 Å². The van der Waals surface area contributed by atoms with Crippen LogP contribution in [0.4, 0.5) is 5.82 Å². The molecule has 3 aromatic rings. The Morgan fingerprint density at radius 3 is 2.39 bits per heavy atom. The first kappa shape index (κ1) is 23.3. The van der Waals surface area contributed by atoms with E-state index in [1.807, 2.05) is 26.8 Å². The normalized spacial score (nSPS) is 17.2. The summed E-state index contributed by atoms with van der Waals surface area (Å²) in [6.07, 6.45) is 1.18. The predicted octanol–water partition coefficient (Wildman–Crippen LogP) is 3.28. The zero-order chi connectivity index (χ0) is 23.8. The molecule has 0 bridgehead atoms. The van der Waals surface area contributed by atoms with Gasteiger partial charge in [0.25, 0.3) is 5.95 Å². The van der Waals surface area contributed by atoms with E-state index in [1.165, 1.54) is 21.1 Å². The summed E-state index contributed by atoms with van der Waals surface area (Å²) in [7, 11) is -3.72. The SMILES string of the molecule is Cc1cc(C)nc(-n2nc(C)cc2NC(=O)C2CCCN(S(=O)(=O)c3ccc(Cl)cc3)C2)n1. The maximum absolute atomic E-state index is 13.1. The highest BCUT2D eigenvalue weighted by atomic mass is 35.5. The van der Waals surface area contributed by atoms with Gasteiger partial charge in [0, 0.05) is 35.6 Å². The van der Waals surface area contributed by atoms with Crippen molar-refractivity contribution in [1.82, 2.24) is 24.1 Å². The lowest BCUT2D eigenvalue weighted by atomic mass is 9.99. The molecule has 1 unspecified atom stereocenters. The largest absolute Gasteiger partial charge is 0.310 e. The summed E-state index contributed by atoms with van der Waals surface area (Å²) in [5.74, 6) is 0.0489. The van der Waals surface area contributed by atoms with Gasteiger partial charge in [-0.05, 0) is 63.9 Å². The van der Waals surface area contributed by atoms with Crippen molar-refractivity contribution in [3.05, 3.63) is 58.5 Å². The van der Waals surface area contributed by atoms with Crippen LogP contribution in [0.3, 0.4) is 0 Å². The third kappa shape index (κ3) is 5.07. The van der Waals surface area contributed by atoms with Gasteiger partial charge in [0.15, 0.2) is 0 Å². The number of benzene rings is 1. The molecule has 4 rings (SSSR count). The van der Waals surface area contributed by atoms with Crippen LogP contribution < -0.4 is 5.32 Å². The molecule has 1 aliphatic heterocycles. The highest BCUT2D eigenvalue weighted by Gasteiger charge is 2.33. The number of sulfonamides is 1. The van der Waals surface area contributed by atoms with Crippen molar-refractivity contribution in [2.75, 3.05) is 18.4 Å². The fourth-order valence-electron chi connectivity index (χ4n) is 3.90. The number of aryl methyl sites for hydroxylation is 3. The Labute approximate surface area is 197 Å². The summed E-state index contributed by atoms with van der Waals surface area (Å²) >= 11 is 5.89. The molecule has 1 aromatic carbocycles. The summed E-state index contributed by atoms with van der Waals surface area (Å²) in [4.78, 5) is 22.1. The molecule has 174 valence electrons. The van der Waals surface area contributed by atoms with Crippen LogP contribution in [0.2, 0.25) is 5.02 Å². The van der Waals surface area contributed by atoms with E-state index < -0.39 is 15.9 Å². The molecule has 0 spiro atoms. The van der Waals surface area contributed by atoms with Gasteiger partial charge in [-0.3, -0.25) is 4.79 Å². The average Bonchev–Trinajstić information content (AvgIpc) is 3.13. The van der Waals surface area contributed by atoms with Gasteiger partial charge in [-0.1, -0.05) is 11.6 Å². The predicted molar refractivity (Wildman–Crippen MR) is 125 cm³/mol. The van der Waals surface area contributed by atoms with Crippen molar-refractivity contribution in [3.63, 3.8) is 0 Å². The number of halogens is 1. The Hall–Kier alpha value is -2.82. The molecule has 9 nitrogen and oxygen atoms in total. The van der Waals surface area contributed by atoms with Gasteiger partial charge >= 0.3 is 0 Å². The van der Waals surface area contributed by atoms with Crippen molar-refractivity contribution in [1.29, 1.82) is 0 Å². The second-order valence-electron chi connectivity index (χ2n) is 8.18. The Kier molecular flexibility index (Phi) is 6.51. The number of aromatic nitrogens is 4. The van der Waals surface area contributed by atoms with E-state index in [-0.39, 0.29) is 17.3 Å². The lowest BCUT2D eigenvalue weighted by molar-refractivity contribution is -0.120. The molecule has 3 heterocycles. The number of rotatable bonds is 5. The van der Waals surface area contributed by atoms with Crippen molar-refractivity contribution in [3.8, 4) is 5.95 Å². The van der Waals surface area contributed by atoms with Crippen LogP contribution >= 0.6 is 11.6 Å². The summed E-state index contributed by atoms with van der Waals surface area (Å²) in [6.45, 7) is 6.01. The second-order valence-corrected chi connectivity index (χ2v) is 10.6. The van der Waals surface area contributed by atoms with E-state index in [0.717, 1.165) is 11.4 Å². The summed E-state index contributed by atoms with van der Waals surface area (Å²) in [6, 6.07) is 9.64. The van der Waals surface area contributed by atoms with Crippen molar-refractivity contribution in [2.24, 2.45) is 5.92 Å². The van der Waals surface area contributed by atoms with Gasteiger partial charge in [-0.2, -0.15) is 14.1 Å². The first-order chi connectivity index (χ1) is 15.6. The number of anilines is 1. The molecule has 1 amide bonds. The summed E-state index contributed by atoms with van der Waals surface area (Å²) in [5.41, 5.74) is 2.28. The average molecular weight is 489 g/mol. The zero-order valence-corrected chi connectivity index (χ0v) is 20.2. The standard InChI is InChI=1S/C22H25ClN6O3S/c1-14-11-15(2)25-22(24-14)29-20(12-16(3)27-29)26-21(30)17-5-4-10-28(13-17)33(31,32)19-8-6-18(23)7-9-19/h6-9,11-12,17H,4-5,10,13H2,1-3H3,(H,26,30). The van der Waals surface area contributed by atoms with Crippen LogP contribution in [-0.2, 0) is 14.8 Å². The minimum atomic E-state index is -3.72. The van der Waals surface area contributed by atoms with Crippen molar-refractivity contribution >= 4 is 33.3 Å². The molecular formula is C22H25ClN6O3S. The molecule has 0 aliphatic carbocycles. The summed E-state index contributed by atoms with van der Waals surface area (Å²) in [5, 5.41) is 7.78. The monoisotopic (exact) mass is 488 g/mol. The zero-order valence-electron chi connectivity index (χ0n) is 18.6. The molecule has 1 N–H and O–H groups in total. The van der Waals surface area contributed by atoms with Gasteiger partial charge in [0.2, 0.25) is 15.9 Å². The molecule has 1 atom stereocenters. The van der Waals surface area contributed by atoms with Crippen LogP contribution in [0.25, 0.3) is 5.95 Å². The fourth-order valence-corrected chi connectivity index (χ4v) is 5.55. The van der Waals surface area contributed by atoms with Crippen LogP contribution in [0.5, 0.6) is 0 Å². The molecule has 1 fully saturated rings. The van der Waals surface area contributed by atoms with E-state index in [9.17, 15) is 13.2 Å². The quantitative estimate of drug-likeness (QED) is 0.590. The fraction of sp³-hybridized carbons (Fsp3) is 0.364. The Balaban J connectivity index is 1.53. The number of nitrogens with zero attached hydrogens (tertiary/aromatic N) is 5. The molecule has 0 radical (unpaired) electrons. The van der Waals surface area contributed by atoms with Gasteiger partial charge in [0.05, 0.1) is 16.5 Å². The lowest BCUT2D eigenvalue weighted by Gasteiger charge is -2.31. The molecule has 2 aromatic heterocycles. The smallest absolute Gasteiger partial charge is 0.252 e. The maximum atomic E-state index is 13.1. The van der Waals surface area contributed by atoms with E-state index >= 15 is 0 Å². The minimum absolute atomic E-state index is 0.101. The van der Waals surface area contributed by atoms with E-state index in [2.05, 4.69) is 20.4 Å². The van der Waals surface area contributed by atoms with Crippen molar-refractivity contribution in [2.45, 2.75) is 38.5 Å². The van der Waals surface area contributed by atoms with Crippen LogP contribution in [0.15, 0.2) is 41.3 Å². The number of hydrogen-bond acceptors (Lipinski definition) is 6. The number of nitrogens with one attached hydrogen (secondary N) is 1. The molecule has 11 heteroatoms. The van der Waals surface area contributed by atoms with Gasteiger partial charge in [0.1, 0.15) is 5.82 Å². The first-order valence-electron chi connectivity index (χ1n) is 10.6. The van der Waals surface area contributed by atoms with Crippen LogP contribution in [0, 0.1) is 26.7 Å². The number of hydrogen-bond donors (Lipinski definition) is 1. The minimum Gasteiger partial charge on any atom is -0.310 e. The Morgan fingerprint density at radius 2 is 1.73 bits per heavy atom. The topological polar surface area (TPSA) is 110 Å². The lowest BCUT2D eigenvalue weighted by Crippen LogP contribution is -2.43. The second kappa shape index (κ2) is 9.20. The molecule has 1 aliphatic rings. The van der Waals surface area contributed by atoms with E-state index in [1.54, 1.807) is 18.2 Å². The highest BCUT2D eigenvalue weighted by Crippen LogP contribution is 2.26. The molecule has 33 heavy (non-hydrogen) atoms. The van der Waals surface area contributed by atoms with E-state index in [0.29, 0.717) is 41.9 Å². The van der Waals surface area contributed by atoms with Gasteiger partial charge < -0.3 is 5.32 Å². The van der Waals surface area contributed by atoms with E-state index in [4.69, 9.17) is 11.6 Å². The first-order valence-corrected chi connectivity index (χ1v) is 12.4. The third-order valence-corrected chi connectivity index (χ3v) is 7.58.